The van der Waals surface area contributed by atoms with Gasteiger partial charge in [0.2, 0.25) is 10.6 Å². The summed E-state index contributed by atoms with van der Waals surface area (Å²) in [5.74, 6) is 1.07. The zero-order valence-corrected chi connectivity index (χ0v) is 9.02. The van der Waals surface area contributed by atoms with Gasteiger partial charge in [0, 0.05) is 5.92 Å². The Labute approximate surface area is 92.1 Å². The summed E-state index contributed by atoms with van der Waals surface area (Å²) in [4.78, 5) is 11.9. The minimum atomic E-state index is 0.179. The van der Waals surface area contributed by atoms with Gasteiger partial charge in [-0.1, -0.05) is 0 Å². The third-order valence-electron chi connectivity index (χ3n) is 2.30. The first kappa shape index (κ1) is 10.1. The molecular weight excluding hydrogens is 223 g/mol. The first-order valence-electron chi connectivity index (χ1n) is 4.53. The molecule has 1 aromatic rings. The van der Waals surface area contributed by atoms with E-state index in [0.29, 0.717) is 5.92 Å². The van der Waals surface area contributed by atoms with Gasteiger partial charge in [0.05, 0.1) is 0 Å². The van der Waals surface area contributed by atoms with Crippen LogP contribution >= 0.6 is 23.2 Å². The Balaban J connectivity index is 2.21. The van der Waals surface area contributed by atoms with Crippen molar-refractivity contribution in [3.8, 4) is 0 Å². The van der Waals surface area contributed by atoms with Crippen molar-refractivity contribution in [3.63, 3.8) is 0 Å². The summed E-state index contributed by atoms with van der Waals surface area (Å²) in [5, 5.41) is 3.63. The van der Waals surface area contributed by atoms with Gasteiger partial charge in [-0.2, -0.15) is 4.98 Å². The second-order valence-electron chi connectivity index (χ2n) is 3.26. The molecule has 1 N–H and O–H groups in total. The predicted molar refractivity (Wildman–Crippen MR) is 54.7 cm³/mol. The molecule has 1 aliphatic heterocycles. The van der Waals surface area contributed by atoms with Gasteiger partial charge in [0.15, 0.2) is 0 Å². The Morgan fingerprint density at radius 3 is 2.14 bits per heavy atom. The van der Waals surface area contributed by atoms with E-state index in [1.54, 1.807) is 0 Å². The van der Waals surface area contributed by atoms with Crippen LogP contribution in [0.25, 0.3) is 0 Å². The molecule has 1 fully saturated rings. The van der Waals surface area contributed by atoms with Crippen molar-refractivity contribution in [2.45, 2.75) is 18.8 Å². The van der Waals surface area contributed by atoms with E-state index in [-0.39, 0.29) is 10.6 Å². The molecule has 14 heavy (non-hydrogen) atoms. The molecule has 1 aliphatic rings. The molecule has 0 aliphatic carbocycles. The summed E-state index contributed by atoms with van der Waals surface area (Å²) in [6.45, 7) is 1.98. The SMILES string of the molecule is Clc1nc(Cl)nc(C2CCNCC2)n1. The first-order chi connectivity index (χ1) is 6.75. The molecule has 0 bridgehead atoms. The lowest BCUT2D eigenvalue weighted by Gasteiger charge is -2.20. The highest BCUT2D eigenvalue weighted by molar-refractivity contribution is 6.31. The maximum atomic E-state index is 5.71. The maximum absolute atomic E-state index is 5.71. The van der Waals surface area contributed by atoms with E-state index in [4.69, 9.17) is 23.2 Å². The van der Waals surface area contributed by atoms with Crippen molar-refractivity contribution in [2.75, 3.05) is 13.1 Å². The molecular formula is C8H10Cl2N4. The molecule has 0 saturated carbocycles. The molecule has 0 amide bonds. The van der Waals surface area contributed by atoms with Gasteiger partial charge in [0.1, 0.15) is 5.82 Å². The van der Waals surface area contributed by atoms with Crippen LogP contribution in [-0.2, 0) is 0 Å². The van der Waals surface area contributed by atoms with Crippen LogP contribution in [0.4, 0.5) is 0 Å². The molecule has 76 valence electrons. The third kappa shape index (κ3) is 2.32. The molecule has 1 aromatic heterocycles. The molecule has 1 saturated heterocycles. The van der Waals surface area contributed by atoms with Gasteiger partial charge in [-0.15, -0.1) is 0 Å². The van der Waals surface area contributed by atoms with Crippen molar-refractivity contribution in [1.29, 1.82) is 0 Å². The molecule has 0 atom stereocenters. The van der Waals surface area contributed by atoms with Crippen molar-refractivity contribution in [1.82, 2.24) is 20.3 Å². The van der Waals surface area contributed by atoms with Gasteiger partial charge in [-0.05, 0) is 49.1 Å². The number of hydrogen-bond donors (Lipinski definition) is 1. The topological polar surface area (TPSA) is 50.7 Å². The van der Waals surface area contributed by atoms with E-state index in [1.807, 2.05) is 0 Å². The van der Waals surface area contributed by atoms with Crippen LogP contribution in [0.2, 0.25) is 10.6 Å². The van der Waals surface area contributed by atoms with Crippen LogP contribution in [0.5, 0.6) is 0 Å². The van der Waals surface area contributed by atoms with Gasteiger partial charge >= 0.3 is 0 Å². The second-order valence-corrected chi connectivity index (χ2v) is 3.93. The highest BCUT2D eigenvalue weighted by Gasteiger charge is 2.19. The van der Waals surface area contributed by atoms with Crippen LogP contribution in [-0.4, -0.2) is 28.0 Å². The van der Waals surface area contributed by atoms with E-state index in [2.05, 4.69) is 20.3 Å². The second kappa shape index (κ2) is 4.38. The minimum Gasteiger partial charge on any atom is -0.317 e. The average molecular weight is 233 g/mol. The number of nitrogens with one attached hydrogen (secondary N) is 1. The highest BCUT2D eigenvalue weighted by atomic mass is 35.5. The standard InChI is InChI=1S/C8H10Cl2N4/c9-7-12-6(13-8(10)14-7)5-1-3-11-4-2-5/h5,11H,1-4H2. The van der Waals surface area contributed by atoms with Gasteiger partial charge in [-0.25, -0.2) is 9.97 Å². The number of nitrogens with zero attached hydrogens (tertiary/aromatic N) is 3. The van der Waals surface area contributed by atoms with Crippen molar-refractivity contribution < 1.29 is 0 Å². The lowest BCUT2D eigenvalue weighted by Crippen LogP contribution is -2.27. The van der Waals surface area contributed by atoms with Crippen LogP contribution in [0.3, 0.4) is 0 Å². The fourth-order valence-corrected chi connectivity index (χ4v) is 1.98. The van der Waals surface area contributed by atoms with Crippen LogP contribution in [0, 0.1) is 0 Å². The van der Waals surface area contributed by atoms with E-state index >= 15 is 0 Å². The van der Waals surface area contributed by atoms with E-state index in [0.717, 1.165) is 31.8 Å². The molecule has 0 radical (unpaired) electrons. The van der Waals surface area contributed by atoms with Gasteiger partial charge in [0.25, 0.3) is 0 Å². The summed E-state index contributed by atoms with van der Waals surface area (Å²) >= 11 is 11.4. The van der Waals surface area contributed by atoms with E-state index < -0.39 is 0 Å². The normalized spacial score (nSPS) is 18.4. The molecule has 2 heterocycles. The van der Waals surface area contributed by atoms with Crippen molar-refractivity contribution in [3.05, 3.63) is 16.4 Å². The minimum absolute atomic E-state index is 0.179. The molecule has 0 spiro atoms. The van der Waals surface area contributed by atoms with Gasteiger partial charge in [-0.3, -0.25) is 0 Å². The van der Waals surface area contributed by atoms with E-state index in [9.17, 15) is 0 Å². The number of aromatic nitrogens is 3. The van der Waals surface area contributed by atoms with Crippen LogP contribution in [0.15, 0.2) is 0 Å². The number of rotatable bonds is 1. The number of hydrogen-bond acceptors (Lipinski definition) is 4. The monoisotopic (exact) mass is 232 g/mol. The molecule has 0 aromatic carbocycles. The maximum Gasteiger partial charge on any atom is 0.226 e. The fraction of sp³-hybridized carbons (Fsp3) is 0.625. The number of halogens is 2. The summed E-state index contributed by atoms with van der Waals surface area (Å²) in [7, 11) is 0. The quantitative estimate of drug-likeness (QED) is 0.801. The Morgan fingerprint density at radius 1 is 1.00 bits per heavy atom. The largest absolute Gasteiger partial charge is 0.317 e. The molecule has 2 rings (SSSR count). The summed E-state index contributed by atoms with van der Waals surface area (Å²) in [5.41, 5.74) is 0. The summed E-state index contributed by atoms with van der Waals surface area (Å²) in [6.07, 6.45) is 2.05. The van der Waals surface area contributed by atoms with Crippen molar-refractivity contribution >= 4 is 23.2 Å². The third-order valence-corrected chi connectivity index (χ3v) is 2.64. The predicted octanol–water partition coefficient (Wildman–Crippen LogP) is 1.65. The highest BCUT2D eigenvalue weighted by Crippen LogP contribution is 2.23. The van der Waals surface area contributed by atoms with Gasteiger partial charge < -0.3 is 5.32 Å². The summed E-state index contributed by atoms with van der Waals surface area (Å²) in [6, 6.07) is 0. The smallest absolute Gasteiger partial charge is 0.226 e. The first-order valence-corrected chi connectivity index (χ1v) is 5.29. The lowest BCUT2D eigenvalue weighted by molar-refractivity contribution is 0.444. The molecule has 4 nitrogen and oxygen atoms in total. The Hall–Kier alpha value is -0.450. The summed E-state index contributed by atoms with van der Waals surface area (Å²) < 4.78 is 0. The lowest BCUT2D eigenvalue weighted by atomic mass is 9.97. The molecule has 6 heteroatoms. The Morgan fingerprint density at radius 2 is 1.57 bits per heavy atom. The Bertz CT molecular complexity index is 305. The van der Waals surface area contributed by atoms with E-state index in [1.165, 1.54) is 0 Å². The average Bonchev–Trinajstić information content (AvgIpc) is 2.18. The zero-order valence-electron chi connectivity index (χ0n) is 7.50. The molecule has 0 unspecified atom stereocenters. The zero-order chi connectivity index (χ0) is 9.97. The van der Waals surface area contributed by atoms with Crippen molar-refractivity contribution in [2.24, 2.45) is 0 Å². The van der Waals surface area contributed by atoms with Crippen LogP contribution < -0.4 is 5.32 Å². The fourth-order valence-electron chi connectivity index (χ4n) is 1.60. The van der Waals surface area contributed by atoms with Crippen LogP contribution in [0.1, 0.15) is 24.6 Å². The Kier molecular flexibility index (Phi) is 3.15. The number of piperidine rings is 1.